The number of thiophene rings is 1. The molecule has 1 aliphatic rings. The van der Waals surface area contributed by atoms with Crippen LogP contribution in [-0.2, 0) is 9.53 Å². The van der Waals surface area contributed by atoms with Gasteiger partial charge in [-0.2, -0.15) is 0 Å². The molecule has 6 heteroatoms. The molecule has 0 saturated carbocycles. The summed E-state index contributed by atoms with van der Waals surface area (Å²) < 4.78 is 5.04. The monoisotopic (exact) mass is 386 g/mol. The maximum Gasteiger partial charge on any atom is 0.263 e. The van der Waals surface area contributed by atoms with E-state index in [1.165, 1.54) is 16.9 Å². The van der Waals surface area contributed by atoms with E-state index in [4.69, 9.17) is 4.74 Å². The fraction of sp³-hybridized carbons (Fsp3) is 0.429. The second-order valence-corrected chi connectivity index (χ2v) is 7.90. The Labute approximate surface area is 164 Å². The van der Waals surface area contributed by atoms with Crippen LogP contribution in [0.1, 0.15) is 33.1 Å². The first-order valence-corrected chi connectivity index (χ1v) is 10.1. The Balaban J connectivity index is 1.75. The molecule has 1 saturated heterocycles. The van der Waals surface area contributed by atoms with Crippen molar-refractivity contribution in [3.63, 3.8) is 0 Å². The maximum atomic E-state index is 12.8. The third kappa shape index (κ3) is 4.76. The summed E-state index contributed by atoms with van der Waals surface area (Å²) in [6, 6.07) is 12.0. The Bertz CT molecular complexity index is 758. The molecule has 27 heavy (non-hydrogen) atoms. The van der Waals surface area contributed by atoms with E-state index in [0.717, 1.165) is 16.9 Å². The summed E-state index contributed by atoms with van der Waals surface area (Å²) in [6.07, 6.45) is 0.780. The van der Waals surface area contributed by atoms with Gasteiger partial charge < -0.3 is 15.0 Å². The van der Waals surface area contributed by atoms with Gasteiger partial charge in [0.05, 0.1) is 10.8 Å². The van der Waals surface area contributed by atoms with Crippen LogP contribution in [0.5, 0.6) is 0 Å². The molecule has 1 N–H and O–H groups in total. The smallest absolute Gasteiger partial charge is 0.263 e. The van der Waals surface area contributed by atoms with Crippen LogP contribution in [-0.4, -0.2) is 50.1 Å². The van der Waals surface area contributed by atoms with Gasteiger partial charge in [-0.05, 0) is 30.4 Å². The molecular weight excluding hydrogens is 360 g/mol. The molecule has 0 bridgehead atoms. The van der Waals surface area contributed by atoms with Gasteiger partial charge in [0, 0.05) is 39.3 Å². The molecule has 0 radical (unpaired) electrons. The van der Waals surface area contributed by atoms with E-state index in [2.05, 4.69) is 29.6 Å². The molecule has 0 aliphatic carbocycles. The van der Waals surface area contributed by atoms with E-state index < -0.39 is 0 Å². The third-order valence-electron chi connectivity index (χ3n) is 5.01. The number of benzene rings is 1. The highest BCUT2D eigenvalue weighted by Gasteiger charge is 2.40. The van der Waals surface area contributed by atoms with Crippen LogP contribution in [0.4, 0.5) is 0 Å². The van der Waals surface area contributed by atoms with Gasteiger partial charge in [0.25, 0.3) is 5.91 Å². The van der Waals surface area contributed by atoms with Crippen molar-refractivity contribution in [3.8, 4) is 0 Å². The molecule has 5 nitrogen and oxygen atoms in total. The zero-order valence-corrected chi connectivity index (χ0v) is 16.6. The number of rotatable bonds is 7. The summed E-state index contributed by atoms with van der Waals surface area (Å²) >= 11 is 1.44. The average Bonchev–Trinajstić information content (AvgIpc) is 3.35. The number of nitrogens with zero attached hydrogens (tertiary/aromatic N) is 1. The first-order chi connectivity index (χ1) is 13.1. The van der Waals surface area contributed by atoms with Gasteiger partial charge in [-0.15, -0.1) is 11.3 Å². The SMILES string of the molecule is COCCCNC(=O)C1CN(C(=O)c2cccs2)CC1c1ccc(C)cc1. The lowest BCUT2D eigenvalue weighted by Gasteiger charge is -2.18. The Hall–Kier alpha value is -2.18. The van der Waals surface area contributed by atoms with E-state index in [1.54, 1.807) is 7.11 Å². The summed E-state index contributed by atoms with van der Waals surface area (Å²) in [5.41, 5.74) is 2.29. The lowest BCUT2D eigenvalue weighted by Crippen LogP contribution is -2.36. The van der Waals surface area contributed by atoms with E-state index in [0.29, 0.717) is 26.2 Å². The number of hydrogen-bond donors (Lipinski definition) is 1. The first-order valence-electron chi connectivity index (χ1n) is 9.26. The Morgan fingerprint density at radius 2 is 2.00 bits per heavy atom. The molecule has 2 atom stereocenters. The molecule has 1 aromatic heterocycles. The molecule has 2 aromatic rings. The zero-order valence-electron chi connectivity index (χ0n) is 15.8. The Kier molecular flexibility index (Phi) is 6.63. The number of nitrogens with one attached hydrogen (secondary N) is 1. The quantitative estimate of drug-likeness (QED) is 0.744. The van der Waals surface area contributed by atoms with Crippen molar-refractivity contribution in [2.45, 2.75) is 19.3 Å². The van der Waals surface area contributed by atoms with Gasteiger partial charge in [-0.3, -0.25) is 9.59 Å². The molecule has 1 fully saturated rings. The summed E-state index contributed by atoms with van der Waals surface area (Å²) in [5, 5.41) is 4.91. The summed E-state index contributed by atoms with van der Waals surface area (Å²) in [7, 11) is 1.65. The van der Waals surface area contributed by atoms with Crippen molar-refractivity contribution >= 4 is 23.2 Å². The minimum Gasteiger partial charge on any atom is -0.385 e. The van der Waals surface area contributed by atoms with E-state index >= 15 is 0 Å². The van der Waals surface area contributed by atoms with Crippen LogP contribution >= 0.6 is 11.3 Å². The number of carbonyl (C=O) groups is 2. The highest BCUT2D eigenvalue weighted by atomic mass is 32.1. The molecule has 2 heterocycles. The van der Waals surface area contributed by atoms with E-state index in [1.807, 2.05) is 29.3 Å². The molecule has 2 unspecified atom stereocenters. The number of ether oxygens (including phenoxy) is 1. The Morgan fingerprint density at radius 1 is 1.22 bits per heavy atom. The van der Waals surface area contributed by atoms with Crippen LogP contribution in [0.15, 0.2) is 41.8 Å². The van der Waals surface area contributed by atoms with Gasteiger partial charge in [0.2, 0.25) is 5.91 Å². The van der Waals surface area contributed by atoms with Crippen molar-refractivity contribution in [1.82, 2.24) is 10.2 Å². The summed E-state index contributed by atoms with van der Waals surface area (Å²) in [5.74, 6) is -0.203. The molecular formula is C21H26N2O3S. The maximum absolute atomic E-state index is 12.8. The molecule has 1 aliphatic heterocycles. The highest BCUT2D eigenvalue weighted by Crippen LogP contribution is 2.34. The second kappa shape index (κ2) is 9.15. The first kappa shape index (κ1) is 19.6. The summed E-state index contributed by atoms with van der Waals surface area (Å²) in [6.45, 7) is 4.27. The molecule has 144 valence electrons. The van der Waals surface area contributed by atoms with Crippen LogP contribution in [0.25, 0.3) is 0 Å². The lowest BCUT2D eigenvalue weighted by molar-refractivity contribution is -0.124. The molecule has 2 amide bonds. The van der Waals surface area contributed by atoms with Crippen molar-refractivity contribution in [2.75, 3.05) is 33.4 Å². The number of likely N-dealkylation sites (tertiary alicyclic amines) is 1. The summed E-state index contributed by atoms with van der Waals surface area (Å²) in [4.78, 5) is 28.2. The van der Waals surface area contributed by atoms with Gasteiger partial charge in [0.15, 0.2) is 0 Å². The molecule has 0 spiro atoms. The predicted molar refractivity (Wildman–Crippen MR) is 107 cm³/mol. The number of carbonyl (C=O) groups excluding carboxylic acids is 2. The number of amides is 2. The fourth-order valence-corrected chi connectivity index (χ4v) is 4.19. The topological polar surface area (TPSA) is 58.6 Å². The average molecular weight is 387 g/mol. The zero-order chi connectivity index (χ0) is 19.2. The lowest BCUT2D eigenvalue weighted by atomic mass is 9.88. The van der Waals surface area contributed by atoms with E-state index in [-0.39, 0.29) is 23.7 Å². The third-order valence-corrected chi connectivity index (χ3v) is 5.86. The van der Waals surface area contributed by atoms with Crippen LogP contribution in [0, 0.1) is 12.8 Å². The van der Waals surface area contributed by atoms with Crippen molar-refractivity contribution in [2.24, 2.45) is 5.92 Å². The van der Waals surface area contributed by atoms with Gasteiger partial charge >= 0.3 is 0 Å². The Morgan fingerprint density at radius 3 is 2.67 bits per heavy atom. The number of methoxy groups -OCH3 is 1. The van der Waals surface area contributed by atoms with Crippen LogP contribution in [0.2, 0.25) is 0 Å². The predicted octanol–water partition coefficient (Wildman–Crippen LogP) is 3.07. The normalized spacial score (nSPS) is 19.3. The van der Waals surface area contributed by atoms with Crippen molar-refractivity contribution in [1.29, 1.82) is 0 Å². The fourth-order valence-electron chi connectivity index (χ4n) is 3.50. The number of aryl methyl sites for hydroxylation is 1. The highest BCUT2D eigenvalue weighted by molar-refractivity contribution is 7.12. The van der Waals surface area contributed by atoms with Crippen LogP contribution < -0.4 is 5.32 Å². The van der Waals surface area contributed by atoms with Gasteiger partial charge in [-0.25, -0.2) is 0 Å². The van der Waals surface area contributed by atoms with Gasteiger partial charge in [0.1, 0.15) is 0 Å². The molecule has 3 rings (SSSR count). The number of hydrogen-bond acceptors (Lipinski definition) is 4. The van der Waals surface area contributed by atoms with Gasteiger partial charge in [-0.1, -0.05) is 35.9 Å². The van der Waals surface area contributed by atoms with Crippen LogP contribution in [0.3, 0.4) is 0 Å². The standard InChI is InChI=1S/C21H26N2O3S/c1-15-6-8-16(9-7-15)17-13-23(21(25)19-5-3-12-27-19)14-18(17)20(24)22-10-4-11-26-2/h3,5-9,12,17-18H,4,10-11,13-14H2,1-2H3,(H,22,24). The largest absolute Gasteiger partial charge is 0.385 e. The van der Waals surface area contributed by atoms with Crippen molar-refractivity contribution < 1.29 is 14.3 Å². The van der Waals surface area contributed by atoms with Crippen molar-refractivity contribution in [3.05, 3.63) is 57.8 Å². The van der Waals surface area contributed by atoms with E-state index in [9.17, 15) is 9.59 Å². The minimum atomic E-state index is -0.237. The minimum absolute atomic E-state index is 0.0109. The molecule has 1 aromatic carbocycles. The second-order valence-electron chi connectivity index (χ2n) is 6.95.